The Morgan fingerprint density at radius 1 is 1.31 bits per heavy atom. The molecule has 0 aromatic carbocycles. The van der Waals surface area contributed by atoms with Crippen molar-refractivity contribution in [2.45, 2.75) is 6.42 Å². The van der Waals surface area contributed by atoms with E-state index in [9.17, 15) is 0 Å². The standard InChI is InChI=1S/C9H9N3S/c10-9-7(2-1-3-12-9)6-8-11-4-5-13-8/h1-5H,6H2,(H2,10,12). The predicted octanol–water partition coefficient (Wildman–Crippen LogP) is 1.71. The molecule has 2 rings (SSSR count). The highest BCUT2D eigenvalue weighted by Gasteiger charge is 2.01. The van der Waals surface area contributed by atoms with E-state index in [4.69, 9.17) is 5.73 Å². The molecule has 2 N–H and O–H groups in total. The Kier molecular flexibility index (Phi) is 2.23. The van der Waals surface area contributed by atoms with E-state index in [1.165, 1.54) is 0 Å². The molecule has 0 aliphatic carbocycles. The van der Waals surface area contributed by atoms with E-state index in [-0.39, 0.29) is 0 Å². The fourth-order valence-corrected chi connectivity index (χ4v) is 1.74. The monoisotopic (exact) mass is 191 g/mol. The number of nitrogens with zero attached hydrogens (tertiary/aromatic N) is 2. The highest BCUT2D eigenvalue weighted by atomic mass is 32.1. The maximum atomic E-state index is 5.70. The summed E-state index contributed by atoms with van der Waals surface area (Å²) in [5, 5.41) is 3.03. The third-order valence-corrected chi connectivity index (χ3v) is 2.53. The zero-order chi connectivity index (χ0) is 9.10. The van der Waals surface area contributed by atoms with Crippen molar-refractivity contribution in [1.29, 1.82) is 0 Å². The fourth-order valence-electron chi connectivity index (χ4n) is 1.10. The zero-order valence-electron chi connectivity index (χ0n) is 6.97. The predicted molar refractivity (Wildman–Crippen MR) is 53.6 cm³/mol. The first-order chi connectivity index (χ1) is 6.36. The van der Waals surface area contributed by atoms with Crippen LogP contribution < -0.4 is 5.73 Å². The highest BCUT2D eigenvalue weighted by Crippen LogP contribution is 2.14. The van der Waals surface area contributed by atoms with Crippen molar-refractivity contribution >= 4 is 17.2 Å². The summed E-state index contributed by atoms with van der Waals surface area (Å²) in [5.74, 6) is 0.595. The van der Waals surface area contributed by atoms with Gasteiger partial charge in [0.25, 0.3) is 0 Å². The molecule has 0 radical (unpaired) electrons. The lowest BCUT2D eigenvalue weighted by molar-refractivity contribution is 1.12. The van der Waals surface area contributed by atoms with Crippen LogP contribution in [0.3, 0.4) is 0 Å². The van der Waals surface area contributed by atoms with Gasteiger partial charge >= 0.3 is 0 Å². The average molecular weight is 191 g/mol. The number of pyridine rings is 1. The van der Waals surface area contributed by atoms with Gasteiger partial charge in [-0.15, -0.1) is 11.3 Å². The van der Waals surface area contributed by atoms with Crippen LogP contribution in [0.15, 0.2) is 29.9 Å². The first-order valence-electron chi connectivity index (χ1n) is 3.94. The van der Waals surface area contributed by atoms with Crippen molar-refractivity contribution in [2.75, 3.05) is 5.73 Å². The van der Waals surface area contributed by atoms with E-state index >= 15 is 0 Å². The number of aromatic nitrogens is 2. The van der Waals surface area contributed by atoms with E-state index in [2.05, 4.69) is 9.97 Å². The topological polar surface area (TPSA) is 51.8 Å². The van der Waals surface area contributed by atoms with Crippen molar-refractivity contribution in [1.82, 2.24) is 9.97 Å². The lowest BCUT2D eigenvalue weighted by Crippen LogP contribution is -1.97. The van der Waals surface area contributed by atoms with Gasteiger partial charge in [-0.05, 0) is 6.07 Å². The van der Waals surface area contributed by atoms with Gasteiger partial charge in [-0.2, -0.15) is 0 Å². The Labute approximate surface area is 80.3 Å². The lowest BCUT2D eigenvalue weighted by Gasteiger charge is -2.00. The molecular formula is C9H9N3S. The van der Waals surface area contributed by atoms with Gasteiger partial charge in [0, 0.05) is 29.8 Å². The van der Waals surface area contributed by atoms with E-state index in [1.54, 1.807) is 23.7 Å². The Bertz CT molecular complexity index is 384. The van der Waals surface area contributed by atoms with Crippen LogP contribution in [0.25, 0.3) is 0 Å². The molecular weight excluding hydrogens is 182 g/mol. The Hall–Kier alpha value is -1.42. The van der Waals surface area contributed by atoms with Crippen molar-refractivity contribution in [3.8, 4) is 0 Å². The molecule has 2 aromatic rings. The molecule has 2 aromatic heterocycles. The highest BCUT2D eigenvalue weighted by molar-refractivity contribution is 7.09. The first-order valence-corrected chi connectivity index (χ1v) is 4.82. The Balaban J connectivity index is 2.24. The number of hydrogen-bond donors (Lipinski definition) is 1. The summed E-state index contributed by atoms with van der Waals surface area (Å²) in [6.07, 6.45) is 4.27. The van der Waals surface area contributed by atoms with Crippen LogP contribution in [-0.2, 0) is 6.42 Å². The third kappa shape index (κ3) is 1.84. The van der Waals surface area contributed by atoms with E-state index in [0.29, 0.717) is 5.82 Å². The summed E-state index contributed by atoms with van der Waals surface area (Å²) in [6.45, 7) is 0. The minimum Gasteiger partial charge on any atom is -0.383 e. The van der Waals surface area contributed by atoms with Crippen molar-refractivity contribution in [3.05, 3.63) is 40.5 Å². The molecule has 2 heterocycles. The molecule has 4 heteroatoms. The van der Waals surface area contributed by atoms with Crippen molar-refractivity contribution < 1.29 is 0 Å². The maximum absolute atomic E-state index is 5.70. The van der Waals surface area contributed by atoms with Gasteiger partial charge in [-0.25, -0.2) is 9.97 Å². The summed E-state index contributed by atoms with van der Waals surface area (Å²) < 4.78 is 0. The SMILES string of the molecule is Nc1ncccc1Cc1nccs1. The van der Waals surface area contributed by atoms with Gasteiger partial charge in [0.05, 0.1) is 5.01 Å². The normalized spacial score (nSPS) is 10.2. The van der Waals surface area contributed by atoms with E-state index in [0.717, 1.165) is 17.0 Å². The zero-order valence-corrected chi connectivity index (χ0v) is 7.79. The number of anilines is 1. The summed E-state index contributed by atoms with van der Waals surface area (Å²) >= 11 is 1.63. The quantitative estimate of drug-likeness (QED) is 0.786. The van der Waals surface area contributed by atoms with Gasteiger partial charge < -0.3 is 5.73 Å². The van der Waals surface area contributed by atoms with Gasteiger partial charge in [0.2, 0.25) is 0 Å². The molecule has 0 unspecified atom stereocenters. The fraction of sp³-hybridized carbons (Fsp3) is 0.111. The smallest absolute Gasteiger partial charge is 0.126 e. The number of nitrogen functional groups attached to an aromatic ring is 1. The summed E-state index contributed by atoms with van der Waals surface area (Å²) in [4.78, 5) is 8.20. The van der Waals surface area contributed by atoms with Crippen molar-refractivity contribution in [3.63, 3.8) is 0 Å². The summed E-state index contributed by atoms with van der Waals surface area (Å²) in [5.41, 5.74) is 6.74. The molecule has 13 heavy (non-hydrogen) atoms. The van der Waals surface area contributed by atoms with Crippen LogP contribution in [0.4, 0.5) is 5.82 Å². The summed E-state index contributed by atoms with van der Waals surface area (Å²) in [7, 11) is 0. The minimum atomic E-state index is 0.595. The number of nitrogens with two attached hydrogens (primary N) is 1. The molecule has 0 saturated heterocycles. The molecule has 0 amide bonds. The number of rotatable bonds is 2. The van der Waals surface area contributed by atoms with Crippen molar-refractivity contribution in [2.24, 2.45) is 0 Å². The van der Waals surface area contributed by atoms with Crippen LogP contribution in [0.2, 0.25) is 0 Å². The van der Waals surface area contributed by atoms with Gasteiger partial charge in [-0.1, -0.05) is 6.07 Å². The van der Waals surface area contributed by atoms with Crippen LogP contribution >= 0.6 is 11.3 Å². The van der Waals surface area contributed by atoms with Gasteiger partial charge in [-0.3, -0.25) is 0 Å². The van der Waals surface area contributed by atoms with Crippen LogP contribution in [0.5, 0.6) is 0 Å². The average Bonchev–Trinajstić information content (AvgIpc) is 2.61. The molecule has 66 valence electrons. The molecule has 0 aliphatic heterocycles. The van der Waals surface area contributed by atoms with Crippen LogP contribution in [-0.4, -0.2) is 9.97 Å². The largest absolute Gasteiger partial charge is 0.383 e. The maximum Gasteiger partial charge on any atom is 0.126 e. The molecule has 0 aliphatic rings. The molecule has 0 saturated carbocycles. The van der Waals surface area contributed by atoms with Gasteiger partial charge in [0.15, 0.2) is 0 Å². The van der Waals surface area contributed by atoms with E-state index < -0.39 is 0 Å². The molecule has 0 bridgehead atoms. The second-order valence-electron chi connectivity index (χ2n) is 2.65. The van der Waals surface area contributed by atoms with Crippen LogP contribution in [0, 0.1) is 0 Å². The third-order valence-electron chi connectivity index (χ3n) is 1.75. The second-order valence-corrected chi connectivity index (χ2v) is 3.63. The lowest BCUT2D eigenvalue weighted by atomic mass is 10.2. The number of hydrogen-bond acceptors (Lipinski definition) is 4. The summed E-state index contributed by atoms with van der Waals surface area (Å²) in [6, 6.07) is 3.86. The molecule has 3 nitrogen and oxygen atoms in total. The molecule has 0 fully saturated rings. The number of thiazole rings is 1. The first kappa shape index (κ1) is 8.19. The van der Waals surface area contributed by atoms with Crippen LogP contribution in [0.1, 0.15) is 10.6 Å². The molecule has 0 spiro atoms. The second kappa shape index (κ2) is 3.53. The Morgan fingerprint density at radius 2 is 2.23 bits per heavy atom. The Morgan fingerprint density at radius 3 is 2.92 bits per heavy atom. The van der Waals surface area contributed by atoms with E-state index in [1.807, 2.05) is 17.5 Å². The molecule has 0 atom stereocenters. The minimum absolute atomic E-state index is 0.595. The van der Waals surface area contributed by atoms with Gasteiger partial charge in [0.1, 0.15) is 5.82 Å².